The molecule has 2 N–H and O–H groups in total. The zero-order valence-corrected chi connectivity index (χ0v) is 24.7. The summed E-state index contributed by atoms with van der Waals surface area (Å²) in [5.41, 5.74) is 8.18. The Labute approximate surface area is 244 Å². The lowest BCUT2D eigenvalue weighted by Crippen LogP contribution is -2.14. The first-order valence-corrected chi connectivity index (χ1v) is 14.5. The van der Waals surface area contributed by atoms with Gasteiger partial charge in [0.05, 0.1) is 33.9 Å². The summed E-state index contributed by atoms with van der Waals surface area (Å²) < 4.78 is 35.5. The number of carbonyl (C=O) groups is 1. The maximum atomic E-state index is 13.0. The first kappa shape index (κ1) is 30.0. The van der Waals surface area contributed by atoms with Crippen molar-refractivity contribution in [1.82, 2.24) is 4.57 Å². The molecule has 3 aromatic carbocycles. The van der Waals surface area contributed by atoms with Gasteiger partial charge in [-0.3, -0.25) is 20.3 Å². The Balaban J connectivity index is 1.54. The van der Waals surface area contributed by atoms with Crippen LogP contribution in [0.4, 0.5) is 17.1 Å². The fourth-order valence-corrected chi connectivity index (χ4v) is 5.65. The van der Waals surface area contributed by atoms with Gasteiger partial charge < -0.3 is 9.30 Å². The quantitative estimate of drug-likeness (QED) is 0.0992. The highest BCUT2D eigenvalue weighted by molar-refractivity contribution is 7.92. The van der Waals surface area contributed by atoms with Crippen LogP contribution < -0.4 is 10.1 Å². The lowest BCUT2D eigenvalue weighted by molar-refractivity contribution is -0.384. The van der Waals surface area contributed by atoms with Crippen molar-refractivity contribution in [3.8, 4) is 5.69 Å². The second kappa shape index (κ2) is 12.3. The molecule has 0 unspecified atom stereocenters. The van der Waals surface area contributed by atoms with Crippen molar-refractivity contribution in [3.63, 3.8) is 0 Å². The molecule has 1 heterocycles. The SMILES string of the molecule is CCOC(=O)c1ccc(-n2c(C)cc(C=NNc3ccc(S(=O)(=O)Nc4ccc(C)cc4C)cc3[N+](=O)[O-])c2C)cc1. The topological polar surface area (TPSA) is 145 Å². The van der Waals surface area contributed by atoms with Crippen molar-refractivity contribution >= 4 is 39.3 Å². The second-order valence-corrected chi connectivity index (χ2v) is 11.3. The largest absolute Gasteiger partial charge is 0.462 e. The lowest BCUT2D eigenvalue weighted by Gasteiger charge is -2.12. The van der Waals surface area contributed by atoms with Crippen LogP contribution in [-0.2, 0) is 14.8 Å². The van der Waals surface area contributed by atoms with Gasteiger partial charge in [0.1, 0.15) is 5.69 Å². The Morgan fingerprint density at radius 2 is 1.69 bits per heavy atom. The van der Waals surface area contributed by atoms with Crippen molar-refractivity contribution in [3.05, 3.63) is 110 Å². The number of anilines is 2. The number of hydrazone groups is 1. The molecule has 0 aliphatic carbocycles. The van der Waals surface area contributed by atoms with Crippen LogP contribution in [0.5, 0.6) is 0 Å². The van der Waals surface area contributed by atoms with Gasteiger partial charge in [0.25, 0.3) is 15.7 Å². The number of ether oxygens (including phenoxy) is 1. The van der Waals surface area contributed by atoms with Crippen LogP contribution in [0, 0.1) is 37.8 Å². The molecule has 4 rings (SSSR count). The Morgan fingerprint density at radius 3 is 2.33 bits per heavy atom. The van der Waals surface area contributed by atoms with Crippen LogP contribution >= 0.6 is 0 Å². The number of aromatic nitrogens is 1. The molecule has 0 atom stereocenters. The average Bonchev–Trinajstić information content (AvgIpc) is 3.22. The molecule has 11 nitrogen and oxygen atoms in total. The maximum absolute atomic E-state index is 13.0. The third-order valence-corrected chi connectivity index (χ3v) is 7.96. The minimum absolute atomic E-state index is 0.0325. The van der Waals surface area contributed by atoms with E-state index in [2.05, 4.69) is 15.2 Å². The van der Waals surface area contributed by atoms with Gasteiger partial charge in [0.2, 0.25) is 0 Å². The highest BCUT2D eigenvalue weighted by Gasteiger charge is 2.22. The first-order chi connectivity index (χ1) is 19.9. The number of sulfonamides is 1. The van der Waals surface area contributed by atoms with Crippen LogP contribution in [0.3, 0.4) is 0 Å². The Morgan fingerprint density at radius 1 is 1.00 bits per heavy atom. The van der Waals surface area contributed by atoms with E-state index < -0.39 is 20.6 Å². The van der Waals surface area contributed by atoms with Gasteiger partial charge >= 0.3 is 5.97 Å². The molecule has 0 bridgehead atoms. The Hall–Kier alpha value is -4.97. The predicted octanol–water partition coefficient (Wildman–Crippen LogP) is 6.04. The summed E-state index contributed by atoms with van der Waals surface area (Å²) >= 11 is 0. The average molecular weight is 590 g/mol. The summed E-state index contributed by atoms with van der Waals surface area (Å²) in [6.45, 7) is 9.54. The standard InChI is InChI=1S/C30H31N5O6S/c1-6-41-30(36)23-8-10-25(11-9-23)34-21(4)16-24(22(34)5)18-31-32-28-14-12-26(17-29(28)35(37)38)42(39,40)33-27-13-7-19(2)15-20(27)3/h7-18,32-33H,6H2,1-5H3. The number of nitrogens with one attached hydrogen (secondary N) is 2. The van der Waals surface area contributed by atoms with Gasteiger partial charge in [-0.25, -0.2) is 13.2 Å². The van der Waals surface area contributed by atoms with E-state index in [0.717, 1.165) is 39.8 Å². The second-order valence-electron chi connectivity index (χ2n) is 9.66. The van der Waals surface area contributed by atoms with Crippen LogP contribution in [0.1, 0.15) is 45.4 Å². The van der Waals surface area contributed by atoms with Crippen LogP contribution in [-0.4, -0.2) is 36.7 Å². The number of aryl methyl sites for hydroxylation is 3. The van der Waals surface area contributed by atoms with E-state index in [1.54, 1.807) is 38.1 Å². The van der Waals surface area contributed by atoms with Crippen LogP contribution in [0.2, 0.25) is 0 Å². The summed E-state index contributed by atoms with van der Waals surface area (Å²) in [5, 5.41) is 16.0. The third kappa shape index (κ3) is 6.50. The minimum Gasteiger partial charge on any atom is -0.462 e. The number of hydrogen-bond donors (Lipinski definition) is 2. The maximum Gasteiger partial charge on any atom is 0.338 e. The minimum atomic E-state index is -4.08. The number of nitro groups is 1. The molecule has 0 saturated heterocycles. The molecule has 0 saturated carbocycles. The van der Waals surface area contributed by atoms with Gasteiger partial charge in [-0.05, 0) is 88.7 Å². The van der Waals surface area contributed by atoms with Crippen molar-refractivity contribution in [2.24, 2.45) is 5.10 Å². The van der Waals surface area contributed by atoms with Gasteiger partial charge in [-0.15, -0.1) is 0 Å². The number of esters is 1. The molecule has 0 spiro atoms. The molecular formula is C30H31N5O6S. The van der Waals surface area contributed by atoms with Gasteiger partial charge in [0.15, 0.2) is 0 Å². The molecule has 0 aliphatic heterocycles. The predicted molar refractivity (Wildman–Crippen MR) is 162 cm³/mol. The van der Waals surface area contributed by atoms with Crippen molar-refractivity contribution in [2.75, 3.05) is 16.8 Å². The molecule has 0 amide bonds. The van der Waals surface area contributed by atoms with Crippen LogP contribution in [0.15, 0.2) is 76.7 Å². The number of hydrogen-bond acceptors (Lipinski definition) is 8. The third-order valence-electron chi connectivity index (χ3n) is 6.60. The zero-order chi connectivity index (χ0) is 30.6. The van der Waals surface area contributed by atoms with E-state index in [1.807, 2.05) is 49.6 Å². The molecule has 42 heavy (non-hydrogen) atoms. The molecular weight excluding hydrogens is 558 g/mol. The zero-order valence-electron chi connectivity index (χ0n) is 23.8. The van der Waals surface area contributed by atoms with E-state index >= 15 is 0 Å². The summed E-state index contributed by atoms with van der Waals surface area (Å²) in [6.07, 6.45) is 1.53. The molecule has 1 aromatic heterocycles. The van der Waals surface area contributed by atoms with Crippen molar-refractivity contribution < 1.29 is 22.9 Å². The van der Waals surface area contributed by atoms with E-state index in [4.69, 9.17) is 4.74 Å². The van der Waals surface area contributed by atoms with E-state index in [0.29, 0.717) is 17.9 Å². The normalized spacial score (nSPS) is 11.5. The highest BCUT2D eigenvalue weighted by atomic mass is 32.2. The number of benzene rings is 3. The summed E-state index contributed by atoms with van der Waals surface area (Å²) in [4.78, 5) is 22.9. The number of carbonyl (C=O) groups excluding carboxylic acids is 1. The van der Waals surface area contributed by atoms with Gasteiger partial charge in [0, 0.05) is 28.7 Å². The lowest BCUT2D eigenvalue weighted by atomic mass is 10.1. The summed E-state index contributed by atoms with van der Waals surface area (Å²) in [6, 6.07) is 17.8. The Bertz CT molecular complexity index is 1790. The molecule has 0 fully saturated rings. The van der Waals surface area contributed by atoms with E-state index in [1.165, 1.54) is 18.3 Å². The van der Waals surface area contributed by atoms with Crippen LogP contribution in [0.25, 0.3) is 5.69 Å². The number of rotatable bonds is 10. The first-order valence-electron chi connectivity index (χ1n) is 13.1. The fourth-order valence-electron chi connectivity index (χ4n) is 4.50. The smallest absolute Gasteiger partial charge is 0.338 e. The number of nitro benzene ring substituents is 1. The van der Waals surface area contributed by atoms with E-state index in [9.17, 15) is 23.3 Å². The molecule has 12 heteroatoms. The molecule has 4 aromatic rings. The summed E-state index contributed by atoms with van der Waals surface area (Å²) in [5.74, 6) is -0.388. The monoisotopic (exact) mass is 589 g/mol. The summed E-state index contributed by atoms with van der Waals surface area (Å²) in [7, 11) is -4.08. The fraction of sp³-hybridized carbons (Fsp3) is 0.200. The number of nitrogens with zero attached hydrogens (tertiary/aromatic N) is 3. The van der Waals surface area contributed by atoms with Crippen molar-refractivity contribution in [1.29, 1.82) is 0 Å². The molecule has 0 aliphatic rings. The molecule has 218 valence electrons. The Kier molecular flexibility index (Phi) is 8.76. The van der Waals surface area contributed by atoms with Gasteiger partial charge in [-0.1, -0.05) is 17.7 Å². The van der Waals surface area contributed by atoms with E-state index in [-0.39, 0.29) is 16.6 Å². The molecule has 0 radical (unpaired) electrons. The van der Waals surface area contributed by atoms with Gasteiger partial charge in [-0.2, -0.15) is 5.10 Å². The highest BCUT2D eigenvalue weighted by Crippen LogP contribution is 2.29. The van der Waals surface area contributed by atoms with Crippen molar-refractivity contribution in [2.45, 2.75) is 39.5 Å².